The molecule has 0 aliphatic rings. The van der Waals surface area contributed by atoms with E-state index in [-0.39, 0.29) is 0 Å². The van der Waals surface area contributed by atoms with E-state index in [1.54, 1.807) is 4.68 Å². The van der Waals surface area contributed by atoms with Gasteiger partial charge in [0.05, 0.1) is 16.4 Å². The number of nitrogens with zero attached hydrogens (tertiary/aromatic N) is 2. The Morgan fingerprint density at radius 1 is 1.33 bits per heavy atom. The van der Waals surface area contributed by atoms with Crippen LogP contribution in [0.5, 0.6) is 5.75 Å². The molecule has 0 saturated carbocycles. The van der Waals surface area contributed by atoms with Crippen LogP contribution in [0.3, 0.4) is 0 Å². The summed E-state index contributed by atoms with van der Waals surface area (Å²) in [6.45, 7) is 7.34. The number of ether oxygens (including phenoxy) is 1. The Morgan fingerprint density at radius 2 is 2.05 bits per heavy atom. The summed E-state index contributed by atoms with van der Waals surface area (Å²) in [6.07, 6.45) is 0. The third-order valence-electron chi connectivity index (χ3n) is 3.30. The third kappa shape index (κ3) is 3.99. The molecule has 1 aromatic heterocycles. The Labute approximate surface area is 131 Å². The van der Waals surface area contributed by atoms with Crippen molar-refractivity contribution in [1.29, 1.82) is 0 Å². The zero-order chi connectivity index (χ0) is 15.4. The van der Waals surface area contributed by atoms with Gasteiger partial charge in [-0.25, -0.2) is 0 Å². The number of aromatic nitrogens is 2. The fraction of sp³-hybridized carbons (Fsp3) is 0.438. The van der Waals surface area contributed by atoms with Gasteiger partial charge in [0.15, 0.2) is 0 Å². The largest absolute Gasteiger partial charge is 0.487 e. The summed E-state index contributed by atoms with van der Waals surface area (Å²) in [5.41, 5.74) is 2.86. The number of aryl methyl sites for hydroxylation is 2. The van der Waals surface area contributed by atoms with Crippen molar-refractivity contribution in [2.45, 2.75) is 40.0 Å². The maximum Gasteiger partial charge on any atom is 0.131 e. The SMILES string of the molecule is Cc1nn(C)c(COc2ccccc2CNC(C)C)c1Cl. The fourth-order valence-corrected chi connectivity index (χ4v) is 2.30. The van der Waals surface area contributed by atoms with Gasteiger partial charge in [-0.15, -0.1) is 0 Å². The van der Waals surface area contributed by atoms with Crippen molar-refractivity contribution in [3.63, 3.8) is 0 Å². The van der Waals surface area contributed by atoms with E-state index in [2.05, 4.69) is 30.3 Å². The minimum Gasteiger partial charge on any atom is -0.487 e. The Hall–Kier alpha value is -1.52. The molecule has 0 radical (unpaired) electrons. The van der Waals surface area contributed by atoms with Crippen LogP contribution in [-0.2, 0) is 20.2 Å². The topological polar surface area (TPSA) is 39.1 Å². The van der Waals surface area contributed by atoms with Gasteiger partial charge in [-0.3, -0.25) is 4.68 Å². The summed E-state index contributed by atoms with van der Waals surface area (Å²) < 4.78 is 7.72. The fourth-order valence-electron chi connectivity index (χ4n) is 2.09. The van der Waals surface area contributed by atoms with Crippen molar-refractivity contribution in [2.24, 2.45) is 7.05 Å². The molecular weight excluding hydrogens is 286 g/mol. The highest BCUT2D eigenvalue weighted by Gasteiger charge is 2.12. The average molecular weight is 308 g/mol. The molecular formula is C16H22ClN3O. The number of para-hydroxylation sites is 1. The van der Waals surface area contributed by atoms with Crippen molar-refractivity contribution in [3.8, 4) is 5.75 Å². The van der Waals surface area contributed by atoms with Gasteiger partial charge < -0.3 is 10.1 Å². The van der Waals surface area contributed by atoms with Crippen molar-refractivity contribution < 1.29 is 4.74 Å². The van der Waals surface area contributed by atoms with Crippen molar-refractivity contribution in [1.82, 2.24) is 15.1 Å². The van der Waals surface area contributed by atoms with Crippen LogP contribution in [0.4, 0.5) is 0 Å². The first kappa shape index (κ1) is 15.9. The Kier molecular flexibility index (Phi) is 5.26. The first-order valence-electron chi connectivity index (χ1n) is 7.11. The highest BCUT2D eigenvalue weighted by Crippen LogP contribution is 2.23. The second-order valence-corrected chi connectivity index (χ2v) is 5.78. The molecule has 0 atom stereocenters. The van der Waals surface area contributed by atoms with Crippen LogP contribution in [0.2, 0.25) is 5.02 Å². The van der Waals surface area contributed by atoms with Crippen LogP contribution in [0.25, 0.3) is 0 Å². The molecule has 0 spiro atoms. The molecule has 5 heteroatoms. The normalized spacial score (nSPS) is 11.1. The minimum atomic E-state index is 0.412. The van der Waals surface area contributed by atoms with Crippen LogP contribution < -0.4 is 10.1 Å². The van der Waals surface area contributed by atoms with Crippen LogP contribution in [-0.4, -0.2) is 15.8 Å². The molecule has 0 saturated heterocycles. The molecule has 1 N–H and O–H groups in total. The molecule has 114 valence electrons. The molecule has 21 heavy (non-hydrogen) atoms. The molecule has 1 aromatic carbocycles. The first-order valence-corrected chi connectivity index (χ1v) is 7.49. The monoisotopic (exact) mass is 307 g/mol. The van der Waals surface area contributed by atoms with E-state index in [1.165, 1.54) is 0 Å². The van der Waals surface area contributed by atoms with E-state index < -0.39 is 0 Å². The maximum atomic E-state index is 6.25. The van der Waals surface area contributed by atoms with Crippen molar-refractivity contribution in [3.05, 3.63) is 46.2 Å². The van der Waals surface area contributed by atoms with Crippen LogP contribution in [0.1, 0.15) is 30.8 Å². The predicted octanol–water partition coefficient (Wildman–Crippen LogP) is 3.46. The number of hydrogen-bond acceptors (Lipinski definition) is 3. The summed E-state index contributed by atoms with van der Waals surface area (Å²) in [5.74, 6) is 0.876. The highest BCUT2D eigenvalue weighted by atomic mass is 35.5. The standard InChI is InChI=1S/C16H22ClN3O/c1-11(2)18-9-13-7-5-6-8-15(13)21-10-14-16(17)12(3)19-20(14)4/h5-8,11,18H,9-10H2,1-4H3. The Morgan fingerprint density at radius 3 is 2.67 bits per heavy atom. The minimum absolute atomic E-state index is 0.412. The van der Waals surface area contributed by atoms with Crippen LogP contribution in [0, 0.1) is 6.92 Å². The van der Waals surface area contributed by atoms with Gasteiger partial charge >= 0.3 is 0 Å². The van der Waals surface area contributed by atoms with E-state index >= 15 is 0 Å². The lowest BCUT2D eigenvalue weighted by molar-refractivity contribution is 0.291. The molecule has 0 fully saturated rings. The first-order chi connectivity index (χ1) is 9.99. The predicted molar refractivity (Wildman–Crippen MR) is 85.7 cm³/mol. The number of halogens is 1. The van der Waals surface area contributed by atoms with Gasteiger partial charge in [0.2, 0.25) is 0 Å². The van der Waals surface area contributed by atoms with E-state index in [0.29, 0.717) is 17.7 Å². The summed E-state index contributed by atoms with van der Waals surface area (Å²) >= 11 is 6.25. The van der Waals surface area contributed by atoms with Gasteiger partial charge in [-0.2, -0.15) is 5.10 Å². The molecule has 4 nitrogen and oxygen atoms in total. The number of benzene rings is 1. The molecule has 0 unspecified atom stereocenters. The highest BCUT2D eigenvalue weighted by molar-refractivity contribution is 6.31. The third-order valence-corrected chi connectivity index (χ3v) is 3.79. The molecule has 1 heterocycles. The molecule has 0 aliphatic heterocycles. The lowest BCUT2D eigenvalue weighted by Gasteiger charge is -2.14. The lowest BCUT2D eigenvalue weighted by atomic mass is 10.2. The van der Waals surface area contributed by atoms with Gasteiger partial charge in [0, 0.05) is 25.2 Å². The molecule has 2 rings (SSSR count). The van der Waals surface area contributed by atoms with Gasteiger partial charge in [-0.1, -0.05) is 43.6 Å². The number of rotatable bonds is 6. The quantitative estimate of drug-likeness (QED) is 0.888. The Bertz CT molecular complexity index is 608. The summed E-state index contributed by atoms with van der Waals surface area (Å²) in [4.78, 5) is 0. The molecule has 0 aliphatic carbocycles. The Balaban J connectivity index is 2.09. The second-order valence-electron chi connectivity index (χ2n) is 5.40. The van der Waals surface area contributed by atoms with E-state index in [9.17, 15) is 0 Å². The van der Waals surface area contributed by atoms with Gasteiger partial charge in [0.25, 0.3) is 0 Å². The van der Waals surface area contributed by atoms with Crippen LogP contribution >= 0.6 is 11.6 Å². The smallest absolute Gasteiger partial charge is 0.131 e. The average Bonchev–Trinajstić information content (AvgIpc) is 2.69. The maximum absolute atomic E-state index is 6.25. The zero-order valence-corrected chi connectivity index (χ0v) is 13.7. The molecule has 2 aromatic rings. The van der Waals surface area contributed by atoms with E-state index in [0.717, 1.165) is 29.2 Å². The summed E-state index contributed by atoms with van der Waals surface area (Å²) in [6, 6.07) is 8.48. The van der Waals surface area contributed by atoms with Gasteiger partial charge in [-0.05, 0) is 13.0 Å². The van der Waals surface area contributed by atoms with Crippen LogP contribution in [0.15, 0.2) is 24.3 Å². The number of nitrogens with one attached hydrogen (secondary N) is 1. The molecule has 0 amide bonds. The lowest BCUT2D eigenvalue weighted by Crippen LogP contribution is -2.22. The summed E-state index contributed by atoms with van der Waals surface area (Å²) in [5, 5.41) is 8.38. The molecule has 0 bridgehead atoms. The van der Waals surface area contributed by atoms with E-state index in [1.807, 2.05) is 32.2 Å². The van der Waals surface area contributed by atoms with Crippen molar-refractivity contribution in [2.75, 3.05) is 0 Å². The van der Waals surface area contributed by atoms with E-state index in [4.69, 9.17) is 16.3 Å². The van der Waals surface area contributed by atoms with Crippen molar-refractivity contribution >= 4 is 11.6 Å². The van der Waals surface area contributed by atoms with Gasteiger partial charge in [0.1, 0.15) is 12.4 Å². The number of hydrogen-bond donors (Lipinski definition) is 1. The zero-order valence-electron chi connectivity index (χ0n) is 13.0. The summed E-state index contributed by atoms with van der Waals surface area (Å²) in [7, 11) is 1.88. The second kappa shape index (κ2) is 6.96.